The predicted octanol–water partition coefficient (Wildman–Crippen LogP) is 5.86. The van der Waals surface area contributed by atoms with E-state index in [1.165, 1.54) is 0 Å². The number of aliphatic carboxylic acids is 1. The summed E-state index contributed by atoms with van der Waals surface area (Å²) in [6, 6.07) is 12.9. The van der Waals surface area contributed by atoms with Crippen molar-refractivity contribution < 1.29 is 27.9 Å². The maximum Gasteiger partial charge on any atom is 0.306 e. The van der Waals surface area contributed by atoms with Gasteiger partial charge in [0.2, 0.25) is 0 Å². The highest BCUT2D eigenvalue weighted by atomic mass is 35.5. The summed E-state index contributed by atoms with van der Waals surface area (Å²) in [6.45, 7) is 6.84. The molecule has 0 unspecified atom stereocenters. The molecule has 1 amide bonds. The van der Waals surface area contributed by atoms with Gasteiger partial charge < -0.3 is 14.7 Å². The van der Waals surface area contributed by atoms with Crippen molar-refractivity contribution in [3.63, 3.8) is 0 Å². The lowest BCUT2D eigenvalue weighted by atomic mass is 9.89. The van der Waals surface area contributed by atoms with Crippen LogP contribution in [0, 0.1) is 0 Å². The minimum Gasteiger partial charge on any atom is -0.481 e. The van der Waals surface area contributed by atoms with Gasteiger partial charge in [-0.2, -0.15) is 0 Å². The monoisotopic (exact) mass is 569 g/mol. The molecular weight excluding hydrogens is 537 g/mol. The smallest absolute Gasteiger partial charge is 0.306 e. The molecule has 1 aliphatic rings. The number of sulfone groups is 1. The summed E-state index contributed by atoms with van der Waals surface area (Å²) in [5, 5.41) is 10.5. The Kier molecular flexibility index (Phi) is 9.32. The molecule has 202 valence electrons. The number of carboxylic acid groups (broad SMARTS) is 1. The van der Waals surface area contributed by atoms with E-state index in [9.17, 15) is 23.1 Å². The van der Waals surface area contributed by atoms with E-state index in [0.29, 0.717) is 22.0 Å². The molecule has 1 saturated heterocycles. The zero-order valence-corrected chi connectivity index (χ0v) is 23.7. The molecule has 37 heavy (non-hydrogen) atoms. The van der Waals surface area contributed by atoms with Crippen molar-refractivity contribution in [3.8, 4) is 0 Å². The number of halogens is 2. The first-order valence-corrected chi connectivity index (χ1v) is 14.6. The van der Waals surface area contributed by atoms with E-state index in [1.54, 1.807) is 68.1 Å². The van der Waals surface area contributed by atoms with Gasteiger partial charge in [0.15, 0.2) is 9.84 Å². The van der Waals surface area contributed by atoms with Crippen LogP contribution in [0.4, 0.5) is 0 Å². The number of carbonyl (C=O) groups is 2. The van der Waals surface area contributed by atoms with E-state index in [1.807, 2.05) is 13.0 Å². The first-order chi connectivity index (χ1) is 17.2. The van der Waals surface area contributed by atoms with Gasteiger partial charge in [0.1, 0.15) is 12.2 Å². The molecular formula is C27H33Cl2NO6S. The van der Waals surface area contributed by atoms with Crippen LogP contribution in [0.25, 0.3) is 0 Å². The number of hydrogen-bond acceptors (Lipinski definition) is 5. The zero-order chi connectivity index (χ0) is 27.5. The van der Waals surface area contributed by atoms with Crippen LogP contribution in [-0.4, -0.2) is 52.9 Å². The second-order valence-corrected chi connectivity index (χ2v) is 14.0. The van der Waals surface area contributed by atoms with Crippen molar-refractivity contribution in [2.75, 3.05) is 5.75 Å². The second kappa shape index (κ2) is 11.7. The van der Waals surface area contributed by atoms with Gasteiger partial charge in [0, 0.05) is 16.1 Å². The molecule has 0 bridgehead atoms. The fourth-order valence-electron chi connectivity index (χ4n) is 4.54. The van der Waals surface area contributed by atoms with Crippen molar-refractivity contribution in [2.24, 2.45) is 0 Å². The summed E-state index contributed by atoms with van der Waals surface area (Å²) in [4.78, 5) is 27.1. The van der Waals surface area contributed by atoms with Gasteiger partial charge in [0.05, 0.1) is 23.0 Å². The Morgan fingerprint density at radius 2 is 1.73 bits per heavy atom. The molecule has 7 nitrogen and oxygen atoms in total. The Morgan fingerprint density at radius 3 is 2.27 bits per heavy atom. The number of benzene rings is 2. The van der Waals surface area contributed by atoms with E-state index in [2.05, 4.69) is 0 Å². The van der Waals surface area contributed by atoms with Gasteiger partial charge in [0.25, 0.3) is 5.91 Å². The molecule has 2 aromatic rings. The van der Waals surface area contributed by atoms with Crippen molar-refractivity contribution in [2.45, 2.75) is 76.0 Å². The Hall–Kier alpha value is -2.13. The van der Waals surface area contributed by atoms with Crippen molar-refractivity contribution in [1.29, 1.82) is 0 Å². The first kappa shape index (κ1) is 29.4. The first-order valence-electron chi connectivity index (χ1n) is 12.2. The minimum atomic E-state index is -3.45. The minimum absolute atomic E-state index is 0.113. The molecule has 0 radical (unpaired) electrons. The van der Waals surface area contributed by atoms with Crippen LogP contribution in [0.5, 0.6) is 0 Å². The Balaban J connectivity index is 2.14. The summed E-state index contributed by atoms with van der Waals surface area (Å²) >= 11 is 12.4. The number of ether oxygens (including phenoxy) is 1. The lowest BCUT2D eigenvalue weighted by molar-refractivity contribution is -0.183. The zero-order valence-electron chi connectivity index (χ0n) is 21.4. The number of rotatable bonds is 9. The molecule has 10 heteroatoms. The lowest BCUT2D eigenvalue weighted by Crippen LogP contribution is -2.55. The predicted molar refractivity (Wildman–Crippen MR) is 145 cm³/mol. The summed E-state index contributed by atoms with van der Waals surface area (Å²) < 4.78 is 31.1. The standard InChI is InChI=1S/C27H33Cl2NO6S/c1-5-21(13-14-37(34,35)27(2,3)4)30-24(17-9-11-19(28)12-10-17)25(18-7-6-8-20(29)15-18)36-22(26(30)33)16-23(31)32/h6-12,15,21-22,24-25H,5,13-14,16H2,1-4H3,(H,31,32)/t21-,22-,24+,25+/m0/s1. The highest BCUT2D eigenvalue weighted by molar-refractivity contribution is 7.92. The average Bonchev–Trinajstić information content (AvgIpc) is 2.81. The third-order valence-corrected chi connectivity index (χ3v) is 9.82. The van der Waals surface area contributed by atoms with Crippen LogP contribution in [0.2, 0.25) is 10.0 Å². The van der Waals surface area contributed by atoms with Crippen LogP contribution in [0.15, 0.2) is 48.5 Å². The number of hydrogen-bond donors (Lipinski definition) is 1. The van der Waals surface area contributed by atoms with Crippen LogP contribution in [0.1, 0.15) is 70.2 Å². The molecule has 2 aromatic carbocycles. The number of carbonyl (C=O) groups excluding carboxylic acids is 1. The SMILES string of the molecule is CC[C@@H](CCS(=O)(=O)C(C)(C)C)N1C(=O)[C@H](CC(=O)O)O[C@H](c2cccc(Cl)c2)[C@H]1c1ccc(Cl)cc1. The highest BCUT2D eigenvalue weighted by Crippen LogP contribution is 2.45. The van der Waals surface area contributed by atoms with Crippen LogP contribution in [-0.2, 0) is 24.2 Å². The van der Waals surface area contributed by atoms with Gasteiger partial charge in [-0.3, -0.25) is 9.59 Å². The molecule has 4 atom stereocenters. The molecule has 1 N–H and O–H groups in total. The maximum atomic E-state index is 13.8. The van der Waals surface area contributed by atoms with Gasteiger partial charge in [-0.15, -0.1) is 0 Å². The Bertz CT molecular complexity index is 1230. The van der Waals surface area contributed by atoms with Gasteiger partial charge in [-0.1, -0.05) is 54.4 Å². The van der Waals surface area contributed by atoms with E-state index >= 15 is 0 Å². The van der Waals surface area contributed by atoms with Crippen LogP contribution >= 0.6 is 23.2 Å². The van der Waals surface area contributed by atoms with Gasteiger partial charge >= 0.3 is 5.97 Å². The molecule has 1 heterocycles. The molecule has 3 rings (SSSR count). The van der Waals surface area contributed by atoms with Crippen LogP contribution < -0.4 is 0 Å². The molecule has 0 spiro atoms. The quantitative estimate of drug-likeness (QED) is 0.405. The summed E-state index contributed by atoms with van der Waals surface area (Å²) in [5.74, 6) is -1.77. The molecule has 1 aliphatic heterocycles. The summed E-state index contributed by atoms with van der Waals surface area (Å²) in [5.41, 5.74) is 1.41. The normalized spacial score (nSPS) is 21.6. The Labute approximate surface area is 228 Å². The number of carboxylic acids is 1. The Morgan fingerprint density at radius 1 is 1.08 bits per heavy atom. The van der Waals surface area contributed by atoms with E-state index in [0.717, 1.165) is 5.56 Å². The van der Waals surface area contributed by atoms with E-state index in [4.69, 9.17) is 27.9 Å². The van der Waals surface area contributed by atoms with Crippen molar-refractivity contribution >= 4 is 44.9 Å². The topological polar surface area (TPSA) is 101 Å². The van der Waals surface area contributed by atoms with Gasteiger partial charge in [-0.25, -0.2) is 8.42 Å². The third-order valence-electron chi connectivity index (χ3n) is 6.69. The summed E-state index contributed by atoms with van der Waals surface area (Å²) in [7, 11) is -3.45. The molecule has 0 saturated carbocycles. The molecule has 0 aliphatic carbocycles. The van der Waals surface area contributed by atoms with Crippen molar-refractivity contribution in [1.82, 2.24) is 4.90 Å². The van der Waals surface area contributed by atoms with E-state index < -0.39 is 57.2 Å². The number of morpholine rings is 1. The number of nitrogens with zero attached hydrogens (tertiary/aromatic N) is 1. The fourth-order valence-corrected chi connectivity index (χ4v) is 6.06. The van der Waals surface area contributed by atoms with Crippen molar-refractivity contribution in [3.05, 3.63) is 69.7 Å². The molecule has 0 aromatic heterocycles. The van der Waals surface area contributed by atoms with E-state index in [-0.39, 0.29) is 12.2 Å². The average molecular weight is 571 g/mol. The molecule has 1 fully saturated rings. The van der Waals surface area contributed by atoms with Gasteiger partial charge in [-0.05, 0) is 69.0 Å². The van der Waals surface area contributed by atoms with Crippen LogP contribution in [0.3, 0.4) is 0 Å². The second-order valence-electron chi connectivity index (χ2n) is 10.2. The third kappa shape index (κ3) is 6.85. The largest absolute Gasteiger partial charge is 0.481 e. The lowest BCUT2D eigenvalue weighted by Gasteiger charge is -2.48. The maximum absolute atomic E-state index is 13.8. The highest BCUT2D eigenvalue weighted by Gasteiger charge is 2.47. The fraction of sp³-hybridized carbons (Fsp3) is 0.481. The summed E-state index contributed by atoms with van der Waals surface area (Å²) in [6.07, 6.45) is -1.82. The number of amides is 1.